The van der Waals surface area contributed by atoms with Gasteiger partial charge >= 0.3 is 0 Å². The van der Waals surface area contributed by atoms with Gasteiger partial charge in [0.25, 0.3) is 0 Å². The average Bonchev–Trinajstić information content (AvgIpc) is 2.45. The van der Waals surface area contributed by atoms with Gasteiger partial charge in [-0.1, -0.05) is 77.1 Å². The van der Waals surface area contributed by atoms with Gasteiger partial charge in [0.1, 0.15) is 0 Å². The maximum Gasteiger partial charge on any atom is 0.0536 e. The van der Waals surface area contributed by atoms with E-state index in [2.05, 4.69) is 94.5 Å². The maximum atomic E-state index is 3.67. The Kier molecular flexibility index (Phi) is 4.72. The molecule has 1 heteroatoms. The molecule has 1 N–H and O–H groups in total. The van der Waals surface area contributed by atoms with Crippen LogP contribution in [0.2, 0.25) is 0 Å². The van der Waals surface area contributed by atoms with Gasteiger partial charge in [-0.3, -0.25) is 0 Å². The standard InChI is InChI=1S/C20H27N/c1-15(2)19(16-9-7-6-8-10-16)21-18-13-11-17(12-14-18)20(3,4)5/h6-15,19,21H,1-5H3. The van der Waals surface area contributed by atoms with Crippen molar-refractivity contribution >= 4 is 5.69 Å². The van der Waals surface area contributed by atoms with Crippen LogP contribution >= 0.6 is 0 Å². The van der Waals surface area contributed by atoms with Crippen molar-refractivity contribution in [2.75, 3.05) is 5.32 Å². The summed E-state index contributed by atoms with van der Waals surface area (Å²) in [6.45, 7) is 11.3. The Hall–Kier alpha value is -1.76. The Balaban J connectivity index is 2.18. The molecule has 0 aliphatic carbocycles. The van der Waals surface area contributed by atoms with Crippen LogP contribution in [0.25, 0.3) is 0 Å². The van der Waals surface area contributed by atoms with Gasteiger partial charge in [-0.2, -0.15) is 0 Å². The summed E-state index contributed by atoms with van der Waals surface area (Å²) in [6, 6.07) is 19.9. The minimum atomic E-state index is 0.204. The van der Waals surface area contributed by atoms with Crippen molar-refractivity contribution in [1.82, 2.24) is 0 Å². The van der Waals surface area contributed by atoms with E-state index >= 15 is 0 Å². The summed E-state index contributed by atoms with van der Waals surface area (Å²) < 4.78 is 0. The van der Waals surface area contributed by atoms with Crippen LogP contribution in [0.5, 0.6) is 0 Å². The van der Waals surface area contributed by atoms with Crippen molar-refractivity contribution in [2.45, 2.75) is 46.1 Å². The first-order valence-corrected chi connectivity index (χ1v) is 7.80. The second kappa shape index (κ2) is 6.34. The number of benzene rings is 2. The van der Waals surface area contributed by atoms with Crippen LogP contribution in [0.1, 0.15) is 51.8 Å². The number of hydrogen-bond acceptors (Lipinski definition) is 1. The van der Waals surface area contributed by atoms with Crippen molar-refractivity contribution in [3.63, 3.8) is 0 Å². The van der Waals surface area contributed by atoms with E-state index in [0.717, 1.165) is 0 Å². The molecule has 2 aromatic rings. The molecule has 2 aromatic carbocycles. The Morgan fingerprint density at radius 1 is 0.810 bits per heavy atom. The molecule has 0 saturated heterocycles. The van der Waals surface area contributed by atoms with Crippen LogP contribution in [-0.4, -0.2) is 0 Å². The third-order valence-corrected chi connectivity index (χ3v) is 3.90. The predicted octanol–water partition coefficient (Wildman–Crippen LogP) is 5.79. The van der Waals surface area contributed by atoms with Gasteiger partial charge in [0, 0.05) is 5.69 Å². The molecule has 0 aromatic heterocycles. The van der Waals surface area contributed by atoms with E-state index < -0.39 is 0 Å². The zero-order valence-corrected chi connectivity index (χ0v) is 13.9. The van der Waals surface area contributed by atoms with Crippen LogP contribution in [0.3, 0.4) is 0 Å². The Labute approximate surface area is 129 Å². The number of rotatable bonds is 4. The van der Waals surface area contributed by atoms with Crippen LogP contribution in [0, 0.1) is 5.92 Å². The number of hydrogen-bond donors (Lipinski definition) is 1. The summed E-state index contributed by atoms with van der Waals surface area (Å²) >= 11 is 0. The van der Waals surface area contributed by atoms with Crippen molar-refractivity contribution in [2.24, 2.45) is 5.92 Å². The van der Waals surface area contributed by atoms with Crippen LogP contribution in [0.15, 0.2) is 54.6 Å². The Morgan fingerprint density at radius 3 is 1.86 bits per heavy atom. The van der Waals surface area contributed by atoms with E-state index in [0.29, 0.717) is 12.0 Å². The molecular weight excluding hydrogens is 254 g/mol. The van der Waals surface area contributed by atoms with Crippen LogP contribution < -0.4 is 5.32 Å². The normalized spacial score (nSPS) is 13.2. The molecule has 1 unspecified atom stereocenters. The number of nitrogens with one attached hydrogen (secondary N) is 1. The summed E-state index contributed by atoms with van der Waals surface area (Å²) in [4.78, 5) is 0. The zero-order chi connectivity index (χ0) is 15.5. The predicted molar refractivity (Wildman–Crippen MR) is 92.8 cm³/mol. The Morgan fingerprint density at radius 2 is 1.38 bits per heavy atom. The second-order valence-electron chi connectivity index (χ2n) is 7.10. The van der Waals surface area contributed by atoms with Gasteiger partial charge in [0.15, 0.2) is 0 Å². The van der Waals surface area contributed by atoms with E-state index in [4.69, 9.17) is 0 Å². The van der Waals surface area contributed by atoms with Gasteiger partial charge < -0.3 is 5.32 Å². The third-order valence-electron chi connectivity index (χ3n) is 3.90. The molecule has 0 fully saturated rings. The molecule has 0 aliphatic rings. The van der Waals surface area contributed by atoms with Crippen molar-refractivity contribution < 1.29 is 0 Å². The summed E-state index contributed by atoms with van der Waals surface area (Å²) in [5.74, 6) is 0.537. The highest BCUT2D eigenvalue weighted by Crippen LogP contribution is 2.28. The van der Waals surface area contributed by atoms with Gasteiger partial charge in [0.2, 0.25) is 0 Å². The van der Waals surface area contributed by atoms with Crippen LogP contribution in [0.4, 0.5) is 5.69 Å². The second-order valence-corrected chi connectivity index (χ2v) is 7.10. The quantitative estimate of drug-likeness (QED) is 0.747. The molecule has 112 valence electrons. The fourth-order valence-electron chi connectivity index (χ4n) is 2.54. The summed E-state index contributed by atoms with van der Waals surface area (Å²) in [6.07, 6.45) is 0. The van der Waals surface area contributed by atoms with Crippen molar-refractivity contribution in [3.05, 3.63) is 65.7 Å². The highest BCUT2D eigenvalue weighted by molar-refractivity contribution is 5.48. The molecule has 1 nitrogen and oxygen atoms in total. The van der Waals surface area contributed by atoms with E-state index in [1.54, 1.807) is 0 Å². The molecule has 0 bridgehead atoms. The topological polar surface area (TPSA) is 12.0 Å². The first kappa shape index (κ1) is 15.6. The molecule has 2 rings (SSSR count). The van der Waals surface area contributed by atoms with Crippen LogP contribution in [-0.2, 0) is 5.41 Å². The summed E-state index contributed by atoms with van der Waals surface area (Å²) in [5.41, 5.74) is 4.10. The monoisotopic (exact) mass is 281 g/mol. The lowest BCUT2D eigenvalue weighted by Gasteiger charge is -2.25. The van der Waals surface area contributed by atoms with Gasteiger partial charge in [-0.05, 0) is 34.6 Å². The molecule has 0 saturated carbocycles. The van der Waals surface area contributed by atoms with E-state index in [9.17, 15) is 0 Å². The molecule has 0 spiro atoms. The average molecular weight is 281 g/mol. The molecule has 0 heterocycles. The first-order chi connectivity index (χ1) is 9.88. The largest absolute Gasteiger partial charge is 0.378 e. The van der Waals surface area contributed by atoms with Crippen molar-refractivity contribution in [1.29, 1.82) is 0 Å². The molecule has 21 heavy (non-hydrogen) atoms. The van der Waals surface area contributed by atoms with E-state index in [1.165, 1.54) is 16.8 Å². The smallest absolute Gasteiger partial charge is 0.0536 e. The summed E-state index contributed by atoms with van der Waals surface area (Å²) in [5, 5.41) is 3.67. The SMILES string of the molecule is CC(C)C(Nc1ccc(C(C)(C)C)cc1)c1ccccc1. The highest BCUT2D eigenvalue weighted by Gasteiger charge is 2.16. The molecule has 0 amide bonds. The molecular formula is C20H27N. The zero-order valence-electron chi connectivity index (χ0n) is 13.9. The lowest BCUT2D eigenvalue weighted by molar-refractivity contribution is 0.546. The fraction of sp³-hybridized carbons (Fsp3) is 0.400. The molecule has 1 atom stereocenters. The lowest BCUT2D eigenvalue weighted by atomic mass is 9.87. The maximum absolute atomic E-state index is 3.67. The van der Waals surface area contributed by atoms with Gasteiger partial charge in [0.05, 0.1) is 6.04 Å². The van der Waals surface area contributed by atoms with E-state index in [-0.39, 0.29) is 5.41 Å². The van der Waals surface area contributed by atoms with Gasteiger partial charge in [-0.25, -0.2) is 0 Å². The summed E-state index contributed by atoms with van der Waals surface area (Å²) in [7, 11) is 0. The first-order valence-electron chi connectivity index (χ1n) is 7.80. The fourth-order valence-corrected chi connectivity index (χ4v) is 2.54. The minimum Gasteiger partial charge on any atom is -0.378 e. The molecule has 0 aliphatic heterocycles. The highest BCUT2D eigenvalue weighted by atomic mass is 14.9. The lowest BCUT2D eigenvalue weighted by Crippen LogP contribution is -2.17. The molecule has 0 radical (unpaired) electrons. The van der Waals surface area contributed by atoms with Crippen molar-refractivity contribution in [3.8, 4) is 0 Å². The Bertz CT molecular complexity index is 547. The van der Waals surface area contributed by atoms with Gasteiger partial charge in [-0.15, -0.1) is 0 Å². The third kappa shape index (κ3) is 4.10. The number of anilines is 1. The van der Waals surface area contributed by atoms with E-state index in [1.807, 2.05) is 0 Å². The minimum absolute atomic E-state index is 0.204.